The van der Waals surface area contributed by atoms with Crippen molar-refractivity contribution in [2.45, 2.75) is 26.3 Å². The molecule has 1 aliphatic rings. The third-order valence-corrected chi connectivity index (χ3v) is 5.18. The molecule has 0 atom stereocenters. The van der Waals surface area contributed by atoms with Crippen LogP contribution >= 0.6 is 0 Å². The Bertz CT molecular complexity index is 901. The van der Waals surface area contributed by atoms with Crippen molar-refractivity contribution in [3.63, 3.8) is 0 Å². The van der Waals surface area contributed by atoms with Crippen LogP contribution in [0.5, 0.6) is 0 Å². The molecule has 0 saturated heterocycles. The van der Waals surface area contributed by atoms with Crippen molar-refractivity contribution in [2.24, 2.45) is 12.5 Å². The molecule has 1 saturated carbocycles. The van der Waals surface area contributed by atoms with E-state index in [0.717, 1.165) is 41.7 Å². The molecule has 5 heteroatoms. The molecule has 0 spiro atoms. The van der Waals surface area contributed by atoms with Gasteiger partial charge in [-0.2, -0.15) is 0 Å². The molecular formula is C19H22N4O. The van der Waals surface area contributed by atoms with Gasteiger partial charge in [0.2, 0.25) is 0 Å². The van der Waals surface area contributed by atoms with E-state index < -0.39 is 0 Å². The summed E-state index contributed by atoms with van der Waals surface area (Å²) in [5, 5.41) is 4.16. The highest BCUT2D eigenvalue weighted by Crippen LogP contribution is 2.46. The molecule has 0 bridgehead atoms. The third kappa shape index (κ3) is 2.60. The Morgan fingerprint density at radius 3 is 2.83 bits per heavy atom. The van der Waals surface area contributed by atoms with Crippen molar-refractivity contribution in [2.75, 3.05) is 6.54 Å². The van der Waals surface area contributed by atoms with E-state index >= 15 is 0 Å². The fourth-order valence-corrected chi connectivity index (χ4v) is 3.36. The van der Waals surface area contributed by atoms with Crippen LogP contribution in [-0.2, 0) is 13.6 Å². The van der Waals surface area contributed by atoms with Crippen molar-refractivity contribution in [1.29, 1.82) is 0 Å². The van der Waals surface area contributed by atoms with Gasteiger partial charge in [-0.05, 0) is 38.0 Å². The molecule has 124 valence electrons. The van der Waals surface area contributed by atoms with Crippen molar-refractivity contribution in [3.8, 4) is 0 Å². The first-order valence-electron chi connectivity index (χ1n) is 8.38. The molecule has 1 amide bonds. The highest BCUT2D eigenvalue weighted by atomic mass is 16.1. The Kier molecular flexibility index (Phi) is 3.44. The summed E-state index contributed by atoms with van der Waals surface area (Å²) >= 11 is 0. The van der Waals surface area contributed by atoms with E-state index in [1.54, 1.807) is 0 Å². The van der Waals surface area contributed by atoms with E-state index in [1.165, 1.54) is 0 Å². The molecule has 0 unspecified atom stereocenters. The number of hydrogen-bond acceptors (Lipinski definition) is 2. The molecule has 0 aliphatic heterocycles. The van der Waals surface area contributed by atoms with Gasteiger partial charge in [0, 0.05) is 60.6 Å². The van der Waals surface area contributed by atoms with Crippen LogP contribution in [0.3, 0.4) is 0 Å². The number of rotatable bonds is 5. The van der Waals surface area contributed by atoms with Gasteiger partial charge >= 0.3 is 0 Å². The van der Waals surface area contributed by atoms with Crippen LogP contribution in [0.25, 0.3) is 10.9 Å². The SMILES string of the molecule is Cc1nccn1CC1(CNC(=O)c2cccc3c2ccn3C)CC1. The molecule has 0 radical (unpaired) electrons. The van der Waals surface area contributed by atoms with E-state index in [4.69, 9.17) is 0 Å². The Hall–Kier alpha value is -2.56. The average molecular weight is 322 g/mol. The summed E-state index contributed by atoms with van der Waals surface area (Å²) in [6, 6.07) is 7.89. The van der Waals surface area contributed by atoms with Crippen LogP contribution in [0, 0.1) is 12.3 Å². The van der Waals surface area contributed by atoms with Gasteiger partial charge in [0.25, 0.3) is 5.91 Å². The maximum Gasteiger partial charge on any atom is 0.251 e. The zero-order valence-electron chi connectivity index (χ0n) is 14.1. The maximum atomic E-state index is 12.7. The Labute approximate surface area is 141 Å². The van der Waals surface area contributed by atoms with Crippen molar-refractivity contribution < 1.29 is 4.79 Å². The molecule has 1 aromatic carbocycles. The standard InChI is InChI=1S/C19H22N4O/c1-14-20-9-11-23(14)13-19(7-8-19)12-21-18(24)16-4-3-5-17-15(16)6-10-22(17)2/h3-6,9-11H,7-8,12-13H2,1-2H3,(H,21,24). The predicted molar refractivity (Wildman–Crippen MR) is 93.9 cm³/mol. The Morgan fingerprint density at radius 1 is 1.29 bits per heavy atom. The smallest absolute Gasteiger partial charge is 0.251 e. The molecular weight excluding hydrogens is 300 g/mol. The first-order chi connectivity index (χ1) is 11.6. The number of amides is 1. The van der Waals surface area contributed by atoms with Crippen LogP contribution in [0.15, 0.2) is 42.9 Å². The lowest BCUT2D eigenvalue weighted by atomic mass is 10.1. The number of carbonyl (C=O) groups is 1. The maximum absolute atomic E-state index is 12.7. The van der Waals surface area contributed by atoms with Gasteiger partial charge in [0.15, 0.2) is 0 Å². The zero-order valence-corrected chi connectivity index (χ0v) is 14.1. The van der Waals surface area contributed by atoms with Crippen LogP contribution in [-0.4, -0.2) is 26.6 Å². The normalized spacial score (nSPS) is 15.6. The molecule has 3 aromatic rings. The summed E-state index contributed by atoms with van der Waals surface area (Å²) in [6.45, 7) is 3.66. The largest absolute Gasteiger partial charge is 0.351 e. The number of hydrogen-bond donors (Lipinski definition) is 1. The summed E-state index contributed by atoms with van der Waals surface area (Å²) < 4.78 is 4.22. The second-order valence-electron chi connectivity index (χ2n) is 6.95. The van der Waals surface area contributed by atoms with Crippen LogP contribution in [0.4, 0.5) is 0 Å². The molecule has 1 N–H and O–H groups in total. The van der Waals surface area contributed by atoms with Gasteiger partial charge in [0.05, 0.1) is 0 Å². The number of fused-ring (bicyclic) bond motifs is 1. The van der Waals surface area contributed by atoms with Crippen LogP contribution in [0.1, 0.15) is 29.0 Å². The summed E-state index contributed by atoms with van der Waals surface area (Å²) in [5.41, 5.74) is 2.02. The predicted octanol–water partition coefficient (Wildman–Crippen LogP) is 2.89. The highest BCUT2D eigenvalue weighted by Gasteiger charge is 2.43. The fraction of sp³-hybridized carbons (Fsp3) is 0.368. The Morgan fingerprint density at radius 2 is 2.12 bits per heavy atom. The van der Waals surface area contributed by atoms with Crippen LogP contribution < -0.4 is 5.32 Å². The van der Waals surface area contributed by atoms with Gasteiger partial charge in [-0.25, -0.2) is 4.98 Å². The summed E-state index contributed by atoms with van der Waals surface area (Å²) in [5.74, 6) is 1.04. The van der Waals surface area contributed by atoms with Gasteiger partial charge in [0.1, 0.15) is 5.82 Å². The summed E-state index contributed by atoms with van der Waals surface area (Å²) in [4.78, 5) is 17.0. The van der Waals surface area contributed by atoms with Gasteiger partial charge in [-0.1, -0.05) is 6.07 Å². The van der Waals surface area contributed by atoms with Crippen molar-refractivity contribution in [1.82, 2.24) is 19.4 Å². The van der Waals surface area contributed by atoms with Gasteiger partial charge < -0.3 is 14.5 Å². The zero-order chi connectivity index (χ0) is 16.7. The number of aromatic nitrogens is 3. The number of benzene rings is 1. The molecule has 2 aromatic heterocycles. The van der Waals surface area contributed by atoms with Crippen molar-refractivity contribution in [3.05, 3.63) is 54.2 Å². The van der Waals surface area contributed by atoms with E-state index in [1.807, 2.05) is 61.4 Å². The number of aryl methyl sites for hydroxylation is 2. The van der Waals surface area contributed by atoms with E-state index in [-0.39, 0.29) is 11.3 Å². The van der Waals surface area contributed by atoms with E-state index in [0.29, 0.717) is 6.54 Å². The fourth-order valence-electron chi connectivity index (χ4n) is 3.36. The summed E-state index contributed by atoms with van der Waals surface area (Å²) in [7, 11) is 2.00. The molecule has 2 heterocycles. The minimum atomic E-state index is 0.0143. The number of nitrogens with one attached hydrogen (secondary N) is 1. The monoisotopic (exact) mass is 322 g/mol. The van der Waals surface area contributed by atoms with E-state index in [9.17, 15) is 4.79 Å². The lowest BCUT2D eigenvalue weighted by Gasteiger charge is -2.18. The average Bonchev–Trinajstić information content (AvgIpc) is 3.08. The minimum absolute atomic E-state index is 0.0143. The van der Waals surface area contributed by atoms with Gasteiger partial charge in [-0.3, -0.25) is 4.79 Å². The molecule has 24 heavy (non-hydrogen) atoms. The second-order valence-corrected chi connectivity index (χ2v) is 6.95. The number of nitrogens with zero attached hydrogens (tertiary/aromatic N) is 3. The van der Waals surface area contributed by atoms with Crippen LogP contribution in [0.2, 0.25) is 0 Å². The Balaban J connectivity index is 1.47. The first kappa shape index (κ1) is 15.0. The van der Waals surface area contributed by atoms with Crippen molar-refractivity contribution >= 4 is 16.8 Å². The number of carbonyl (C=O) groups excluding carboxylic acids is 1. The molecule has 5 nitrogen and oxygen atoms in total. The van der Waals surface area contributed by atoms with Gasteiger partial charge in [-0.15, -0.1) is 0 Å². The van der Waals surface area contributed by atoms with E-state index in [2.05, 4.69) is 14.9 Å². The molecule has 1 aliphatic carbocycles. The molecule has 1 fully saturated rings. The minimum Gasteiger partial charge on any atom is -0.351 e. The topological polar surface area (TPSA) is 51.9 Å². The highest BCUT2D eigenvalue weighted by molar-refractivity contribution is 6.06. The lowest BCUT2D eigenvalue weighted by molar-refractivity contribution is 0.0944. The second kappa shape index (κ2) is 5.51. The number of imidazole rings is 1. The summed E-state index contributed by atoms with van der Waals surface area (Å²) in [6.07, 6.45) is 8.15. The lowest BCUT2D eigenvalue weighted by Crippen LogP contribution is -2.32. The molecule has 4 rings (SSSR count). The first-order valence-corrected chi connectivity index (χ1v) is 8.38. The third-order valence-electron chi connectivity index (χ3n) is 5.18. The quantitative estimate of drug-likeness (QED) is 0.785.